The van der Waals surface area contributed by atoms with Crippen molar-refractivity contribution in [2.24, 2.45) is 7.05 Å². The van der Waals surface area contributed by atoms with E-state index in [2.05, 4.69) is 44.2 Å². The minimum atomic E-state index is -0.706. The van der Waals surface area contributed by atoms with Crippen LogP contribution in [-0.4, -0.2) is 53.0 Å². The topological polar surface area (TPSA) is 109 Å². The molecule has 10 heteroatoms. The van der Waals surface area contributed by atoms with E-state index < -0.39 is 11.6 Å². The molecule has 6 rings (SSSR count). The minimum Gasteiger partial charge on any atom is -0.507 e. The number of nitrogens with one attached hydrogen (secondary N) is 1. The highest BCUT2D eigenvalue weighted by molar-refractivity contribution is 5.71. The molecule has 0 radical (unpaired) electrons. The van der Waals surface area contributed by atoms with Crippen molar-refractivity contribution in [1.29, 1.82) is 0 Å². The average molecular weight is 506 g/mol. The molecule has 2 N–H and O–H groups in total. The van der Waals surface area contributed by atoms with E-state index in [1.54, 1.807) is 18.3 Å². The number of phenols is 1. The largest absolute Gasteiger partial charge is 0.507 e. The zero-order valence-electron chi connectivity index (χ0n) is 21.4. The van der Waals surface area contributed by atoms with Crippen LogP contribution in [0, 0.1) is 5.95 Å². The second kappa shape index (κ2) is 8.58. The molecule has 3 aliphatic rings. The maximum Gasteiger partial charge on any atom is 0.350 e. The highest BCUT2D eigenvalue weighted by Gasteiger charge is 2.49. The molecule has 37 heavy (non-hydrogen) atoms. The first-order valence-electron chi connectivity index (χ1n) is 13.0. The summed E-state index contributed by atoms with van der Waals surface area (Å²) >= 11 is 0. The maximum atomic E-state index is 14.0. The Morgan fingerprint density at radius 2 is 1.84 bits per heavy atom. The molecule has 3 atom stereocenters. The molecule has 0 amide bonds. The van der Waals surface area contributed by atoms with Gasteiger partial charge in [-0.1, -0.05) is 6.07 Å². The normalized spacial score (nSPS) is 27.2. The van der Waals surface area contributed by atoms with Gasteiger partial charge in [0.2, 0.25) is 0 Å². The van der Waals surface area contributed by atoms with E-state index in [4.69, 9.17) is 0 Å². The van der Waals surface area contributed by atoms with Crippen molar-refractivity contribution in [2.45, 2.75) is 82.0 Å². The monoisotopic (exact) mass is 505 g/mol. The summed E-state index contributed by atoms with van der Waals surface area (Å²) in [6, 6.07) is 6.72. The standard InChI is InChI=1S/C27H32FN7O2/c1-26-9-4-10-27(2,33-26)14-18(13-26)35(17-6-7-17)23-15-29-24(32-31-23)19-8-5-16(11-21(19)36)20-12-22(28)34(3)25(37)30-20/h5,8,11-12,15,17-18,33,36H,4,6-7,9-10,13-14H2,1-3H3/t18-,26-,27+. The fourth-order valence-electron chi connectivity index (χ4n) is 6.41. The average Bonchev–Trinajstić information content (AvgIpc) is 3.67. The van der Waals surface area contributed by atoms with E-state index in [0.29, 0.717) is 29.0 Å². The number of aromatic hydroxyl groups is 1. The summed E-state index contributed by atoms with van der Waals surface area (Å²) in [6.07, 6.45) is 9.85. The van der Waals surface area contributed by atoms with Gasteiger partial charge in [-0.15, -0.1) is 10.2 Å². The third-order valence-electron chi connectivity index (χ3n) is 8.19. The third-order valence-corrected chi connectivity index (χ3v) is 8.19. The lowest BCUT2D eigenvalue weighted by molar-refractivity contribution is 0.0766. The highest BCUT2D eigenvalue weighted by Crippen LogP contribution is 2.45. The number of rotatable bonds is 5. The summed E-state index contributed by atoms with van der Waals surface area (Å²) in [5, 5.41) is 23.6. The van der Waals surface area contributed by atoms with Crippen molar-refractivity contribution < 1.29 is 9.50 Å². The van der Waals surface area contributed by atoms with Crippen LogP contribution in [0.15, 0.2) is 35.3 Å². The van der Waals surface area contributed by atoms with Crippen molar-refractivity contribution in [3.63, 3.8) is 0 Å². The van der Waals surface area contributed by atoms with Gasteiger partial charge < -0.3 is 15.3 Å². The van der Waals surface area contributed by atoms with Crippen LogP contribution in [0.2, 0.25) is 0 Å². The van der Waals surface area contributed by atoms with Crippen molar-refractivity contribution in [3.8, 4) is 28.4 Å². The molecule has 1 aromatic carbocycles. The Bertz CT molecular complexity index is 1390. The van der Waals surface area contributed by atoms with Crippen molar-refractivity contribution in [1.82, 2.24) is 30.0 Å². The van der Waals surface area contributed by atoms with Crippen LogP contribution < -0.4 is 15.9 Å². The van der Waals surface area contributed by atoms with Crippen LogP contribution >= 0.6 is 0 Å². The Kier molecular flexibility index (Phi) is 5.56. The number of hydrogen-bond donors (Lipinski definition) is 2. The Hall–Kier alpha value is -3.40. The summed E-state index contributed by atoms with van der Waals surface area (Å²) < 4.78 is 14.8. The van der Waals surface area contributed by atoms with E-state index >= 15 is 0 Å². The van der Waals surface area contributed by atoms with Gasteiger partial charge in [0.1, 0.15) is 5.75 Å². The molecule has 1 saturated carbocycles. The number of anilines is 1. The zero-order valence-corrected chi connectivity index (χ0v) is 21.4. The van der Waals surface area contributed by atoms with E-state index in [-0.39, 0.29) is 22.5 Å². The fourth-order valence-corrected chi connectivity index (χ4v) is 6.41. The molecule has 0 unspecified atom stereocenters. The van der Waals surface area contributed by atoms with E-state index in [1.165, 1.54) is 32.4 Å². The minimum absolute atomic E-state index is 0.0963. The van der Waals surface area contributed by atoms with Crippen LogP contribution in [0.25, 0.3) is 22.6 Å². The number of benzene rings is 1. The number of fused-ring (bicyclic) bond motifs is 2. The molecule has 3 aromatic rings. The molecular formula is C27H32FN7O2. The van der Waals surface area contributed by atoms with Crippen LogP contribution in [0.3, 0.4) is 0 Å². The van der Waals surface area contributed by atoms with Crippen LogP contribution in [0.4, 0.5) is 10.2 Å². The SMILES string of the molecule is Cn1c(F)cc(-c2ccc(-c3ncc(N(C4CC4)[C@H]4C[C@]5(C)CCC[C@](C)(C4)N5)nn3)c(O)c2)nc1=O. The van der Waals surface area contributed by atoms with Gasteiger partial charge in [0.15, 0.2) is 17.6 Å². The van der Waals surface area contributed by atoms with E-state index in [0.717, 1.165) is 42.1 Å². The lowest BCUT2D eigenvalue weighted by Gasteiger charge is -2.55. The first kappa shape index (κ1) is 24.0. The summed E-state index contributed by atoms with van der Waals surface area (Å²) in [4.78, 5) is 22.7. The van der Waals surface area contributed by atoms with Gasteiger partial charge in [-0.05, 0) is 70.9 Å². The van der Waals surface area contributed by atoms with Crippen molar-refractivity contribution >= 4 is 5.82 Å². The van der Waals surface area contributed by atoms with Gasteiger partial charge in [0, 0.05) is 41.8 Å². The number of halogens is 1. The molecule has 2 bridgehead atoms. The maximum absolute atomic E-state index is 14.0. The summed E-state index contributed by atoms with van der Waals surface area (Å²) in [7, 11) is 1.31. The second-order valence-corrected chi connectivity index (χ2v) is 11.5. The first-order chi connectivity index (χ1) is 17.6. The summed E-state index contributed by atoms with van der Waals surface area (Å²) in [6.45, 7) is 4.69. The van der Waals surface area contributed by atoms with Gasteiger partial charge in [0.25, 0.3) is 0 Å². The van der Waals surface area contributed by atoms with Crippen LogP contribution in [0.5, 0.6) is 5.75 Å². The highest BCUT2D eigenvalue weighted by atomic mass is 19.1. The molecule has 0 spiro atoms. The molecule has 4 heterocycles. The lowest BCUT2D eigenvalue weighted by Crippen LogP contribution is -2.67. The molecule has 2 saturated heterocycles. The molecular weight excluding hydrogens is 473 g/mol. The molecule has 9 nitrogen and oxygen atoms in total. The smallest absolute Gasteiger partial charge is 0.350 e. The fraction of sp³-hybridized carbons (Fsp3) is 0.519. The van der Waals surface area contributed by atoms with Crippen LogP contribution in [0.1, 0.15) is 58.8 Å². The van der Waals surface area contributed by atoms with E-state index in [1.807, 2.05) is 0 Å². The summed E-state index contributed by atoms with van der Waals surface area (Å²) in [5.41, 5.74) is 0.534. The van der Waals surface area contributed by atoms with Gasteiger partial charge in [-0.2, -0.15) is 9.37 Å². The molecule has 194 valence electrons. The predicted octanol–water partition coefficient (Wildman–Crippen LogP) is 3.57. The summed E-state index contributed by atoms with van der Waals surface area (Å²) in [5.74, 6) is 0.274. The molecule has 1 aliphatic carbocycles. The van der Waals surface area contributed by atoms with Crippen LogP contribution in [-0.2, 0) is 7.05 Å². The number of aromatic nitrogens is 5. The van der Waals surface area contributed by atoms with Gasteiger partial charge >= 0.3 is 5.69 Å². The van der Waals surface area contributed by atoms with Crippen molar-refractivity contribution in [2.75, 3.05) is 4.90 Å². The third kappa shape index (κ3) is 4.47. The Labute approximate surface area is 214 Å². The van der Waals surface area contributed by atoms with Gasteiger partial charge in [0.05, 0.1) is 17.5 Å². The first-order valence-corrected chi connectivity index (χ1v) is 13.0. The second-order valence-electron chi connectivity index (χ2n) is 11.5. The Balaban J connectivity index is 1.27. The predicted molar refractivity (Wildman–Crippen MR) is 138 cm³/mol. The molecule has 2 aromatic heterocycles. The number of phenolic OH excluding ortho intramolecular Hbond substituents is 1. The van der Waals surface area contributed by atoms with Gasteiger partial charge in [-0.25, -0.2) is 9.78 Å². The Morgan fingerprint density at radius 1 is 1.11 bits per heavy atom. The van der Waals surface area contributed by atoms with E-state index in [9.17, 15) is 14.3 Å². The molecule has 2 aliphatic heterocycles. The molecule has 3 fully saturated rings. The quantitative estimate of drug-likeness (QED) is 0.507. The Morgan fingerprint density at radius 3 is 2.43 bits per heavy atom. The number of hydrogen-bond acceptors (Lipinski definition) is 8. The van der Waals surface area contributed by atoms with Gasteiger partial charge in [-0.3, -0.25) is 4.57 Å². The van der Waals surface area contributed by atoms with Crippen molar-refractivity contribution in [3.05, 3.63) is 46.9 Å². The number of piperidine rings is 2. The lowest BCUT2D eigenvalue weighted by atomic mass is 9.69. The number of nitrogens with zero attached hydrogens (tertiary/aromatic N) is 6. The zero-order chi connectivity index (χ0) is 25.9.